The maximum absolute atomic E-state index is 13.4. The first-order valence-electron chi connectivity index (χ1n) is 11.7. The molecule has 2 aromatic heterocycles. The van der Waals surface area contributed by atoms with Crippen molar-refractivity contribution in [1.82, 2.24) is 20.0 Å². The molecule has 5 rings (SSSR count). The van der Waals surface area contributed by atoms with E-state index in [4.69, 9.17) is 5.73 Å². The summed E-state index contributed by atoms with van der Waals surface area (Å²) in [7, 11) is -3.79. The molecule has 0 bridgehead atoms. The van der Waals surface area contributed by atoms with Gasteiger partial charge in [0, 0.05) is 53.6 Å². The van der Waals surface area contributed by atoms with Gasteiger partial charge in [0.2, 0.25) is 10.0 Å². The standard InChI is InChI=1S/C25H29N5O3S/c1-14(2)11-29-34(32,33)23-9-18-22(30-25(31)16-4-3-7-27-12-16)10-20(26)24(18)19-13-28-21(8-17(19)23)15-5-6-15/h3-4,7-9,12-15,20,22,29H,5-6,10-11,26H2,1-2H3,(H,30,31)/t20-,22-/m1/s1. The van der Waals surface area contributed by atoms with E-state index in [-0.39, 0.29) is 22.8 Å². The van der Waals surface area contributed by atoms with Crippen molar-refractivity contribution in [2.45, 2.75) is 56.0 Å². The molecule has 1 saturated carbocycles. The number of fused-ring (bicyclic) bond motifs is 3. The molecule has 0 unspecified atom stereocenters. The monoisotopic (exact) mass is 479 g/mol. The van der Waals surface area contributed by atoms with Gasteiger partial charge in [-0.1, -0.05) is 13.8 Å². The zero-order chi connectivity index (χ0) is 24.0. The fourth-order valence-electron chi connectivity index (χ4n) is 4.60. The Morgan fingerprint density at radius 1 is 1.21 bits per heavy atom. The van der Waals surface area contributed by atoms with Crippen LogP contribution in [0.3, 0.4) is 0 Å². The van der Waals surface area contributed by atoms with E-state index in [1.807, 2.05) is 19.9 Å². The molecule has 8 nitrogen and oxygen atoms in total. The highest BCUT2D eigenvalue weighted by molar-refractivity contribution is 7.89. The van der Waals surface area contributed by atoms with Crippen molar-refractivity contribution in [1.29, 1.82) is 0 Å². The third-order valence-electron chi connectivity index (χ3n) is 6.51. The summed E-state index contributed by atoms with van der Waals surface area (Å²) in [6.45, 7) is 4.26. The number of nitrogens with one attached hydrogen (secondary N) is 2. The van der Waals surface area contributed by atoms with Gasteiger partial charge in [-0.3, -0.25) is 14.8 Å². The number of hydrogen-bond acceptors (Lipinski definition) is 6. The Morgan fingerprint density at radius 2 is 2.00 bits per heavy atom. The van der Waals surface area contributed by atoms with Crippen molar-refractivity contribution in [3.05, 3.63) is 65.2 Å². The largest absolute Gasteiger partial charge is 0.345 e. The lowest BCUT2D eigenvalue weighted by Gasteiger charge is -2.18. The second kappa shape index (κ2) is 8.72. The summed E-state index contributed by atoms with van der Waals surface area (Å²) in [5.41, 5.74) is 9.46. The van der Waals surface area contributed by atoms with Gasteiger partial charge >= 0.3 is 0 Å². The lowest BCUT2D eigenvalue weighted by atomic mass is 9.99. The van der Waals surface area contributed by atoms with Crippen molar-refractivity contribution in [2.24, 2.45) is 11.7 Å². The SMILES string of the molecule is CC(C)CNS(=O)(=O)c1cc2c(c3cnc(C4CC4)cc13)[C@H](N)C[C@H]2NC(=O)c1cccnc1. The molecular weight excluding hydrogens is 450 g/mol. The molecule has 2 aliphatic rings. The topological polar surface area (TPSA) is 127 Å². The molecule has 178 valence electrons. The van der Waals surface area contributed by atoms with Gasteiger partial charge in [0.15, 0.2) is 0 Å². The van der Waals surface area contributed by atoms with Gasteiger partial charge in [-0.25, -0.2) is 13.1 Å². The van der Waals surface area contributed by atoms with Crippen LogP contribution in [0.5, 0.6) is 0 Å². The maximum atomic E-state index is 13.4. The van der Waals surface area contributed by atoms with E-state index in [9.17, 15) is 13.2 Å². The number of carbonyl (C=O) groups excluding carboxylic acids is 1. The minimum Gasteiger partial charge on any atom is -0.345 e. The number of hydrogen-bond donors (Lipinski definition) is 3. The van der Waals surface area contributed by atoms with Crippen LogP contribution < -0.4 is 15.8 Å². The molecule has 0 radical (unpaired) electrons. The zero-order valence-corrected chi connectivity index (χ0v) is 20.1. The van der Waals surface area contributed by atoms with E-state index >= 15 is 0 Å². The molecule has 0 spiro atoms. The summed E-state index contributed by atoms with van der Waals surface area (Å²) >= 11 is 0. The molecule has 2 heterocycles. The van der Waals surface area contributed by atoms with E-state index in [2.05, 4.69) is 20.0 Å². The van der Waals surface area contributed by atoms with E-state index in [1.54, 1.807) is 30.6 Å². The van der Waals surface area contributed by atoms with Gasteiger partial charge in [-0.15, -0.1) is 0 Å². The van der Waals surface area contributed by atoms with Crippen molar-refractivity contribution in [2.75, 3.05) is 6.54 Å². The Balaban J connectivity index is 1.62. The van der Waals surface area contributed by atoms with Crippen molar-refractivity contribution < 1.29 is 13.2 Å². The smallest absolute Gasteiger partial charge is 0.253 e. The Morgan fingerprint density at radius 3 is 2.68 bits per heavy atom. The Labute approximate surface area is 199 Å². The van der Waals surface area contributed by atoms with Gasteiger partial charge in [-0.05, 0) is 60.6 Å². The molecular formula is C25H29N5O3S. The molecule has 0 saturated heterocycles. The molecule has 2 aliphatic carbocycles. The third-order valence-corrected chi connectivity index (χ3v) is 7.97. The van der Waals surface area contributed by atoms with E-state index in [0.717, 1.165) is 35.0 Å². The van der Waals surface area contributed by atoms with Crippen LogP contribution in [0.2, 0.25) is 0 Å². The highest BCUT2D eigenvalue weighted by Crippen LogP contribution is 2.46. The predicted octanol–water partition coefficient (Wildman–Crippen LogP) is 3.32. The fraction of sp³-hybridized carbons (Fsp3) is 0.400. The second-order valence-electron chi connectivity index (χ2n) is 9.66. The van der Waals surface area contributed by atoms with Gasteiger partial charge in [0.25, 0.3) is 5.91 Å². The molecule has 3 aromatic rings. The van der Waals surface area contributed by atoms with Crippen molar-refractivity contribution in [3.63, 3.8) is 0 Å². The molecule has 1 amide bonds. The minimum absolute atomic E-state index is 0.166. The molecule has 34 heavy (non-hydrogen) atoms. The molecule has 1 aromatic carbocycles. The average Bonchev–Trinajstić information content (AvgIpc) is 3.62. The third kappa shape index (κ3) is 4.31. The summed E-state index contributed by atoms with van der Waals surface area (Å²) in [5, 5.41) is 4.39. The van der Waals surface area contributed by atoms with Gasteiger partial charge in [0.1, 0.15) is 0 Å². The first kappa shape index (κ1) is 22.9. The first-order chi connectivity index (χ1) is 16.2. The van der Waals surface area contributed by atoms with Crippen LogP contribution in [0.15, 0.2) is 47.8 Å². The Bertz CT molecular complexity index is 1350. The molecule has 4 N–H and O–H groups in total. The predicted molar refractivity (Wildman–Crippen MR) is 130 cm³/mol. The number of pyridine rings is 2. The lowest BCUT2D eigenvalue weighted by molar-refractivity contribution is 0.0935. The normalized spacial score (nSPS) is 20.0. The Kier molecular flexibility index (Phi) is 5.87. The highest BCUT2D eigenvalue weighted by atomic mass is 32.2. The molecule has 2 atom stereocenters. The molecule has 0 aliphatic heterocycles. The minimum atomic E-state index is -3.79. The highest BCUT2D eigenvalue weighted by Gasteiger charge is 2.35. The van der Waals surface area contributed by atoms with E-state index in [1.165, 1.54) is 6.20 Å². The summed E-state index contributed by atoms with van der Waals surface area (Å²) < 4.78 is 29.6. The van der Waals surface area contributed by atoms with Crippen LogP contribution in [-0.2, 0) is 10.0 Å². The number of carbonyl (C=O) groups is 1. The second-order valence-corrected chi connectivity index (χ2v) is 11.4. The number of benzene rings is 1. The molecule has 1 fully saturated rings. The number of nitrogens with zero attached hydrogens (tertiary/aromatic N) is 2. The average molecular weight is 480 g/mol. The first-order valence-corrected chi connectivity index (χ1v) is 13.2. The van der Waals surface area contributed by atoms with E-state index in [0.29, 0.717) is 29.8 Å². The van der Waals surface area contributed by atoms with Gasteiger partial charge < -0.3 is 11.1 Å². The summed E-state index contributed by atoms with van der Waals surface area (Å²) in [6.07, 6.45) is 7.48. The summed E-state index contributed by atoms with van der Waals surface area (Å²) in [5.74, 6) is 0.277. The van der Waals surface area contributed by atoms with Gasteiger partial charge in [-0.2, -0.15) is 0 Å². The quantitative estimate of drug-likeness (QED) is 0.477. The number of amides is 1. The van der Waals surface area contributed by atoms with Crippen LogP contribution in [0.1, 0.15) is 78.3 Å². The summed E-state index contributed by atoms with van der Waals surface area (Å²) in [4.78, 5) is 21.7. The van der Waals surface area contributed by atoms with Crippen molar-refractivity contribution >= 4 is 26.7 Å². The van der Waals surface area contributed by atoms with E-state index < -0.39 is 16.1 Å². The molecule has 9 heteroatoms. The maximum Gasteiger partial charge on any atom is 0.253 e. The van der Waals surface area contributed by atoms with Crippen LogP contribution in [0.4, 0.5) is 0 Å². The Hall–Kier alpha value is -2.88. The lowest BCUT2D eigenvalue weighted by Crippen LogP contribution is -2.29. The fourth-order valence-corrected chi connectivity index (χ4v) is 6.05. The van der Waals surface area contributed by atoms with Crippen LogP contribution in [0.25, 0.3) is 10.8 Å². The van der Waals surface area contributed by atoms with Gasteiger partial charge in [0.05, 0.1) is 16.5 Å². The number of aromatic nitrogens is 2. The van der Waals surface area contributed by atoms with Crippen molar-refractivity contribution in [3.8, 4) is 0 Å². The van der Waals surface area contributed by atoms with Crippen LogP contribution >= 0.6 is 0 Å². The van der Waals surface area contributed by atoms with Crippen LogP contribution in [0, 0.1) is 5.92 Å². The number of sulfonamides is 1. The zero-order valence-electron chi connectivity index (χ0n) is 19.3. The number of nitrogens with two attached hydrogens (primary N) is 1. The van der Waals surface area contributed by atoms with Crippen LogP contribution in [-0.4, -0.2) is 30.8 Å². The summed E-state index contributed by atoms with van der Waals surface area (Å²) in [6, 6.07) is 6.23. The number of rotatable bonds is 7.